The van der Waals surface area contributed by atoms with Crippen LogP contribution in [0.25, 0.3) is 0 Å². The van der Waals surface area contributed by atoms with Crippen LogP contribution in [-0.2, 0) is 9.59 Å². The van der Waals surface area contributed by atoms with Crippen molar-refractivity contribution in [1.82, 2.24) is 0 Å². The van der Waals surface area contributed by atoms with Crippen LogP contribution in [0.4, 0.5) is 0 Å². The van der Waals surface area contributed by atoms with E-state index >= 15 is 0 Å². The molecule has 4 unspecified atom stereocenters. The van der Waals surface area contributed by atoms with E-state index in [0.29, 0.717) is 12.8 Å². The fraction of sp³-hybridized carbons (Fsp3) is 0.875. The standard InChI is InChI=1S/C32H56N8O4/c1-22(2)17-30(13,39-35-26(5,6)7)32(25(43)44,31(14,18-23(3)4)40-36-27(8,9)10)19-29(12,21-34)38-37-28(11,20-33)16-15-24(41)42/h22-23H,15-19H2,1-14H3,(H,41,42)(H,43,44). The molecule has 0 saturated carbocycles. The van der Waals surface area contributed by atoms with Crippen LogP contribution in [-0.4, -0.2) is 55.4 Å². The maximum atomic E-state index is 14.1. The van der Waals surface area contributed by atoms with Crippen molar-refractivity contribution >= 4 is 11.9 Å². The second-order valence-corrected chi connectivity index (χ2v) is 15.7. The highest BCUT2D eigenvalue weighted by Crippen LogP contribution is 2.57. The third-order valence-electron chi connectivity index (χ3n) is 7.36. The largest absolute Gasteiger partial charge is 0.481 e. The van der Waals surface area contributed by atoms with Gasteiger partial charge in [-0.1, -0.05) is 27.7 Å². The predicted molar refractivity (Wildman–Crippen MR) is 169 cm³/mol. The van der Waals surface area contributed by atoms with Gasteiger partial charge in [0.2, 0.25) is 0 Å². The monoisotopic (exact) mass is 616 g/mol. The maximum Gasteiger partial charge on any atom is 0.314 e. The van der Waals surface area contributed by atoms with Crippen molar-refractivity contribution in [2.24, 2.45) is 47.9 Å². The van der Waals surface area contributed by atoms with Gasteiger partial charge in [0.05, 0.1) is 34.3 Å². The summed E-state index contributed by atoms with van der Waals surface area (Å²) < 4.78 is 0. The summed E-state index contributed by atoms with van der Waals surface area (Å²) in [6, 6.07) is 4.14. The first-order valence-corrected chi connectivity index (χ1v) is 15.2. The van der Waals surface area contributed by atoms with Crippen molar-refractivity contribution in [1.29, 1.82) is 10.5 Å². The number of carboxylic acid groups (broad SMARTS) is 2. The summed E-state index contributed by atoms with van der Waals surface area (Å²) in [5.41, 5.74) is -9.27. The Hall–Kier alpha value is -3.28. The van der Waals surface area contributed by atoms with E-state index < -0.39 is 50.6 Å². The average Bonchev–Trinajstić information content (AvgIpc) is 2.85. The molecule has 0 amide bonds. The van der Waals surface area contributed by atoms with Gasteiger partial charge in [-0.3, -0.25) is 9.59 Å². The van der Waals surface area contributed by atoms with Gasteiger partial charge in [-0.15, -0.1) is 0 Å². The van der Waals surface area contributed by atoms with Gasteiger partial charge < -0.3 is 10.2 Å². The summed E-state index contributed by atoms with van der Waals surface area (Å²) in [6.45, 7) is 25.5. The number of hydrogen-bond donors (Lipinski definition) is 2. The first kappa shape index (κ1) is 40.7. The van der Waals surface area contributed by atoms with Gasteiger partial charge in [0.1, 0.15) is 5.41 Å². The number of carbonyl (C=O) groups is 2. The Morgan fingerprint density at radius 1 is 0.636 bits per heavy atom. The molecule has 0 aromatic rings. The molecular weight excluding hydrogens is 560 g/mol. The van der Waals surface area contributed by atoms with Crippen LogP contribution in [0.2, 0.25) is 0 Å². The topological polar surface area (TPSA) is 196 Å². The van der Waals surface area contributed by atoms with Crippen molar-refractivity contribution < 1.29 is 19.8 Å². The van der Waals surface area contributed by atoms with Crippen LogP contribution < -0.4 is 0 Å². The first-order valence-electron chi connectivity index (χ1n) is 15.2. The van der Waals surface area contributed by atoms with E-state index in [2.05, 4.69) is 26.5 Å². The molecule has 0 aromatic carbocycles. The summed E-state index contributed by atoms with van der Waals surface area (Å²) in [5.74, 6) is -2.37. The molecule has 0 aliphatic carbocycles. The van der Waals surface area contributed by atoms with Crippen molar-refractivity contribution in [2.75, 3.05) is 0 Å². The molecule has 12 heteroatoms. The smallest absolute Gasteiger partial charge is 0.314 e. The molecule has 0 saturated heterocycles. The summed E-state index contributed by atoms with van der Waals surface area (Å²) in [5, 5.41) is 68.2. The van der Waals surface area contributed by atoms with Crippen LogP contribution in [0.1, 0.15) is 129 Å². The Morgan fingerprint density at radius 3 is 1.27 bits per heavy atom. The van der Waals surface area contributed by atoms with Crippen LogP contribution in [0.3, 0.4) is 0 Å². The lowest BCUT2D eigenvalue weighted by atomic mass is 9.52. The van der Waals surface area contributed by atoms with E-state index in [-0.39, 0.29) is 31.1 Å². The second-order valence-electron chi connectivity index (χ2n) is 15.7. The zero-order valence-corrected chi connectivity index (χ0v) is 29.5. The van der Waals surface area contributed by atoms with Crippen molar-refractivity contribution in [2.45, 2.75) is 162 Å². The Morgan fingerprint density at radius 2 is 1.00 bits per heavy atom. The van der Waals surface area contributed by atoms with E-state index in [0.717, 1.165) is 0 Å². The number of rotatable bonds is 16. The summed E-state index contributed by atoms with van der Waals surface area (Å²) in [4.78, 5) is 25.3. The van der Waals surface area contributed by atoms with Crippen LogP contribution in [0.5, 0.6) is 0 Å². The summed E-state index contributed by atoms with van der Waals surface area (Å²) in [7, 11) is 0. The van der Waals surface area contributed by atoms with E-state index in [1.54, 1.807) is 13.8 Å². The van der Waals surface area contributed by atoms with Crippen molar-refractivity contribution in [3.8, 4) is 12.1 Å². The molecule has 12 nitrogen and oxygen atoms in total. The minimum Gasteiger partial charge on any atom is -0.481 e. The van der Waals surface area contributed by atoms with Crippen LogP contribution >= 0.6 is 0 Å². The van der Waals surface area contributed by atoms with Crippen molar-refractivity contribution in [3.63, 3.8) is 0 Å². The quantitative estimate of drug-likeness (QED) is 0.163. The summed E-state index contributed by atoms with van der Waals surface area (Å²) in [6.07, 6.45) is -0.252. The molecule has 0 spiro atoms. The van der Waals surface area contributed by atoms with Gasteiger partial charge in [-0.05, 0) is 100 Å². The fourth-order valence-corrected chi connectivity index (χ4v) is 5.52. The number of aliphatic carboxylic acids is 2. The van der Waals surface area contributed by atoms with E-state index in [1.165, 1.54) is 13.8 Å². The number of carboxylic acids is 2. The highest BCUT2D eigenvalue weighted by molar-refractivity contribution is 5.79. The average molecular weight is 617 g/mol. The third-order valence-corrected chi connectivity index (χ3v) is 7.36. The van der Waals surface area contributed by atoms with E-state index in [9.17, 15) is 25.2 Å². The molecule has 0 bridgehead atoms. The molecule has 0 fully saturated rings. The SMILES string of the molecule is CC(C)CC(C)(N=NC(C)(C)C)C(CC(C)(C#N)N=NC(C)(C#N)CCC(=O)O)(C(=O)O)C(C)(CC(C)C)N=NC(C)(C)C. The second kappa shape index (κ2) is 14.7. The number of nitrogens with zero attached hydrogens (tertiary/aromatic N) is 8. The van der Waals surface area contributed by atoms with Crippen molar-refractivity contribution in [3.05, 3.63) is 0 Å². The molecular formula is C32H56N8O4. The molecule has 2 N–H and O–H groups in total. The lowest BCUT2D eigenvalue weighted by molar-refractivity contribution is -0.164. The molecule has 0 radical (unpaired) electrons. The predicted octanol–water partition coefficient (Wildman–Crippen LogP) is 8.44. The maximum absolute atomic E-state index is 14.1. The highest BCUT2D eigenvalue weighted by atomic mass is 16.4. The normalized spacial score (nSPS) is 20.0. The lowest BCUT2D eigenvalue weighted by Crippen LogP contribution is -2.65. The number of azo groups is 3. The first-order chi connectivity index (χ1) is 19.6. The van der Waals surface area contributed by atoms with Crippen LogP contribution in [0.15, 0.2) is 30.7 Å². The molecule has 4 atom stereocenters. The van der Waals surface area contributed by atoms with Gasteiger partial charge in [0.25, 0.3) is 0 Å². The molecule has 0 aliphatic heterocycles. The van der Waals surface area contributed by atoms with Gasteiger partial charge in [0.15, 0.2) is 11.1 Å². The molecule has 248 valence electrons. The van der Waals surface area contributed by atoms with E-state index in [1.807, 2.05) is 75.3 Å². The van der Waals surface area contributed by atoms with Gasteiger partial charge in [0, 0.05) is 12.8 Å². The van der Waals surface area contributed by atoms with Crippen LogP contribution in [0, 0.1) is 39.9 Å². The zero-order chi connectivity index (χ0) is 35.0. The number of nitriles is 2. The van der Waals surface area contributed by atoms with E-state index in [4.69, 9.17) is 15.3 Å². The molecule has 0 aromatic heterocycles. The lowest BCUT2D eigenvalue weighted by Gasteiger charge is -2.53. The zero-order valence-electron chi connectivity index (χ0n) is 29.5. The van der Waals surface area contributed by atoms with Gasteiger partial charge >= 0.3 is 11.9 Å². The Labute approximate surface area is 264 Å². The molecule has 0 rings (SSSR count). The highest BCUT2D eigenvalue weighted by Gasteiger charge is 2.68. The number of hydrogen-bond acceptors (Lipinski definition) is 10. The molecule has 44 heavy (non-hydrogen) atoms. The third kappa shape index (κ3) is 11.3. The minimum atomic E-state index is -1.90. The Balaban J connectivity index is 8.10. The fourth-order valence-electron chi connectivity index (χ4n) is 5.52. The molecule has 0 heterocycles. The Bertz CT molecular complexity index is 1140. The van der Waals surface area contributed by atoms with Gasteiger partial charge in [-0.2, -0.15) is 41.2 Å². The van der Waals surface area contributed by atoms with Gasteiger partial charge in [-0.25, -0.2) is 0 Å². The molecule has 0 aliphatic rings. The summed E-state index contributed by atoms with van der Waals surface area (Å²) >= 11 is 0. The minimum absolute atomic E-state index is 0.0200. The Kier molecular flexibility index (Phi) is 13.6.